The Bertz CT molecular complexity index is 981. The highest BCUT2D eigenvalue weighted by Gasteiger charge is 2.14. The summed E-state index contributed by atoms with van der Waals surface area (Å²) in [5.74, 6) is 0.636. The van der Waals surface area contributed by atoms with Crippen LogP contribution in [0.1, 0.15) is 73.6 Å². The Balaban J connectivity index is 4.29. The normalized spacial score (nSPS) is 11.7. The molecule has 64 heavy (non-hydrogen) atoms. The van der Waals surface area contributed by atoms with Crippen LogP contribution in [-0.4, -0.2) is 208 Å². The average Bonchev–Trinajstić information content (AvgIpc) is 3.25. The lowest BCUT2D eigenvalue weighted by atomic mass is 10.1. The van der Waals surface area contributed by atoms with Crippen molar-refractivity contribution >= 4 is 17.7 Å². The number of amides is 3. The summed E-state index contributed by atoms with van der Waals surface area (Å²) in [7, 11) is 0. The zero-order valence-electron chi connectivity index (χ0n) is 40.6. The average molecular weight is 927 g/mol. The summed E-state index contributed by atoms with van der Waals surface area (Å²) in [6.45, 7) is 24.5. The van der Waals surface area contributed by atoms with E-state index >= 15 is 0 Å². The molecule has 0 unspecified atom stereocenters. The van der Waals surface area contributed by atoms with Crippen LogP contribution in [0.4, 0.5) is 0 Å². The second-order valence-electron chi connectivity index (χ2n) is 16.0. The highest BCUT2D eigenvalue weighted by Crippen LogP contribution is 2.00. The highest BCUT2D eigenvalue weighted by atomic mass is 16.6. The number of hydrogen-bond donors (Lipinski definition) is 4. The smallest absolute Gasteiger partial charge is 0.222 e. The predicted molar refractivity (Wildman–Crippen MR) is 244 cm³/mol. The molecule has 4 N–H and O–H groups in total. The largest absolute Gasteiger partial charge is 0.379 e. The standard InChI is InChI=1S/C45H90N4O15/c1-39(2)7-15-53-23-29-59-33-27-57-21-13-47-43(50)9-18-63-37-42(38-64-19-10-44(51)48-14-22-58-28-34-60-30-24-54-16-8-40(3)4)49-45(52)11-17-55-25-31-61-35-36-62-32-26-56-20-12-46-41(5)6/h39-42,46H,7-38H2,1-6H3,(H,47,50)(H,48,51)(H,49,52). The molecule has 0 atom stereocenters. The van der Waals surface area contributed by atoms with Crippen LogP contribution >= 0.6 is 0 Å². The van der Waals surface area contributed by atoms with Crippen LogP contribution in [0.15, 0.2) is 0 Å². The third kappa shape index (κ3) is 50.9. The molecule has 0 aliphatic carbocycles. The van der Waals surface area contributed by atoms with E-state index < -0.39 is 6.04 Å². The van der Waals surface area contributed by atoms with Gasteiger partial charge in [-0.05, 0) is 24.7 Å². The van der Waals surface area contributed by atoms with Gasteiger partial charge in [0.2, 0.25) is 17.7 Å². The molecule has 380 valence electrons. The molecule has 0 saturated carbocycles. The summed E-state index contributed by atoms with van der Waals surface area (Å²) in [5, 5.41) is 11.8. The zero-order valence-corrected chi connectivity index (χ0v) is 40.6. The lowest BCUT2D eigenvalue weighted by Crippen LogP contribution is -2.42. The van der Waals surface area contributed by atoms with Crippen LogP contribution in [0.3, 0.4) is 0 Å². The van der Waals surface area contributed by atoms with E-state index in [1.54, 1.807) is 0 Å². The van der Waals surface area contributed by atoms with Crippen molar-refractivity contribution < 1.29 is 71.2 Å². The molecule has 19 heteroatoms. The summed E-state index contributed by atoms with van der Waals surface area (Å²) < 4.78 is 66.6. The molecule has 0 saturated heterocycles. The summed E-state index contributed by atoms with van der Waals surface area (Å²) in [4.78, 5) is 37.4. The van der Waals surface area contributed by atoms with Crippen LogP contribution in [0.2, 0.25) is 0 Å². The maximum atomic E-state index is 12.7. The van der Waals surface area contributed by atoms with Gasteiger partial charge in [-0.25, -0.2) is 0 Å². The van der Waals surface area contributed by atoms with Crippen LogP contribution < -0.4 is 21.3 Å². The van der Waals surface area contributed by atoms with Crippen LogP contribution in [-0.2, 0) is 71.2 Å². The lowest BCUT2D eigenvalue weighted by molar-refractivity contribution is -0.126. The quantitative estimate of drug-likeness (QED) is 0.0645. The topological polar surface area (TPSA) is 210 Å². The van der Waals surface area contributed by atoms with Crippen molar-refractivity contribution in [2.24, 2.45) is 11.8 Å². The Labute approximate surface area is 385 Å². The Morgan fingerprint density at radius 3 is 1.00 bits per heavy atom. The monoisotopic (exact) mass is 927 g/mol. The van der Waals surface area contributed by atoms with Gasteiger partial charge in [-0.15, -0.1) is 0 Å². The molecular weight excluding hydrogens is 837 g/mol. The number of ether oxygens (including phenoxy) is 12. The fourth-order valence-corrected chi connectivity index (χ4v) is 4.98. The van der Waals surface area contributed by atoms with Crippen LogP contribution in [0.5, 0.6) is 0 Å². The molecule has 0 fully saturated rings. The molecular formula is C45H90N4O15. The molecule has 0 aliphatic heterocycles. The number of carbonyl (C=O) groups is 3. The first-order valence-corrected chi connectivity index (χ1v) is 23.6. The molecule has 0 aliphatic rings. The Hall–Kier alpha value is -2.11. The van der Waals surface area contributed by atoms with Crippen molar-refractivity contribution in [3.63, 3.8) is 0 Å². The van der Waals surface area contributed by atoms with Gasteiger partial charge in [-0.2, -0.15) is 0 Å². The number of carbonyl (C=O) groups excluding carboxylic acids is 3. The van der Waals surface area contributed by atoms with Crippen molar-refractivity contribution in [2.75, 3.05) is 178 Å². The van der Waals surface area contributed by atoms with Gasteiger partial charge in [-0.3, -0.25) is 14.4 Å². The van der Waals surface area contributed by atoms with E-state index in [9.17, 15) is 14.4 Å². The lowest BCUT2D eigenvalue weighted by Gasteiger charge is -2.19. The van der Waals surface area contributed by atoms with E-state index in [0.717, 1.165) is 32.6 Å². The van der Waals surface area contributed by atoms with Crippen LogP contribution in [0, 0.1) is 11.8 Å². The van der Waals surface area contributed by atoms with Gasteiger partial charge in [0, 0.05) is 58.2 Å². The highest BCUT2D eigenvalue weighted by molar-refractivity contribution is 5.77. The number of nitrogens with one attached hydrogen (secondary N) is 4. The Kier molecular flexibility index (Phi) is 47.2. The second kappa shape index (κ2) is 48.8. The van der Waals surface area contributed by atoms with Crippen LogP contribution in [0.25, 0.3) is 0 Å². The van der Waals surface area contributed by atoms with E-state index in [1.807, 2.05) is 0 Å². The number of rotatable bonds is 51. The Morgan fingerprint density at radius 1 is 0.344 bits per heavy atom. The Morgan fingerprint density at radius 2 is 0.641 bits per heavy atom. The molecule has 0 rings (SSSR count). The van der Waals surface area contributed by atoms with Crippen molar-refractivity contribution in [3.05, 3.63) is 0 Å². The van der Waals surface area contributed by atoms with Crippen molar-refractivity contribution in [1.29, 1.82) is 0 Å². The van der Waals surface area contributed by atoms with Gasteiger partial charge in [0.05, 0.1) is 151 Å². The first-order valence-electron chi connectivity index (χ1n) is 23.6. The first-order chi connectivity index (χ1) is 31.1. The molecule has 0 bridgehead atoms. The summed E-state index contributed by atoms with van der Waals surface area (Å²) in [6.07, 6.45) is 2.46. The van der Waals surface area contributed by atoms with Gasteiger partial charge in [0.15, 0.2) is 0 Å². The van der Waals surface area contributed by atoms with Gasteiger partial charge in [-0.1, -0.05) is 41.5 Å². The van der Waals surface area contributed by atoms with E-state index in [0.29, 0.717) is 143 Å². The minimum Gasteiger partial charge on any atom is -0.379 e. The molecule has 0 radical (unpaired) electrons. The maximum Gasteiger partial charge on any atom is 0.222 e. The minimum absolute atomic E-state index is 0.113. The third-order valence-corrected chi connectivity index (χ3v) is 8.64. The molecule has 0 aromatic rings. The molecule has 0 aromatic heterocycles. The molecule has 19 nitrogen and oxygen atoms in total. The first kappa shape index (κ1) is 61.9. The molecule has 0 aromatic carbocycles. The zero-order chi connectivity index (χ0) is 47.0. The maximum absolute atomic E-state index is 12.7. The SMILES string of the molecule is CC(C)CCOCCOCCOCCNC(=O)CCOCC(COCCC(=O)NCCOCCOCCOCCC(C)C)NC(=O)CCOCCOCCOCCOCCNC(C)C. The summed E-state index contributed by atoms with van der Waals surface area (Å²) in [5.41, 5.74) is 0. The van der Waals surface area contributed by atoms with Crippen molar-refractivity contribution in [3.8, 4) is 0 Å². The molecule has 3 amide bonds. The van der Waals surface area contributed by atoms with E-state index in [-0.39, 0.29) is 70.0 Å². The fourth-order valence-electron chi connectivity index (χ4n) is 4.98. The summed E-state index contributed by atoms with van der Waals surface area (Å²) >= 11 is 0. The molecule has 0 spiro atoms. The van der Waals surface area contributed by atoms with E-state index in [1.165, 1.54) is 0 Å². The minimum atomic E-state index is -0.506. The van der Waals surface area contributed by atoms with Gasteiger partial charge >= 0.3 is 0 Å². The van der Waals surface area contributed by atoms with Crippen molar-refractivity contribution in [1.82, 2.24) is 21.3 Å². The van der Waals surface area contributed by atoms with E-state index in [4.69, 9.17) is 56.8 Å². The number of hydrogen-bond acceptors (Lipinski definition) is 16. The van der Waals surface area contributed by atoms with E-state index in [2.05, 4.69) is 62.8 Å². The predicted octanol–water partition coefficient (Wildman–Crippen LogP) is 2.16. The van der Waals surface area contributed by atoms with Gasteiger partial charge < -0.3 is 78.1 Å². The fraction of sp³-hybridized carbons (Fsp3) is 0.933. The van der Waals surface area contributed by atoms with Crippen molar-refractivity contribution in [2.45, 2.75) is 85.7 Å². The van der Waals surface area contributed by atoms with Gasteiger partial charge in [0.25, 0.3) is 0 Å². The molecule has 0 heterocycles. The second-order valence-corrected chi connectivity index (χ2v) is 16.0. The van der Waals surface area contributed by atoms with Gasteiger partial charge in [0.1, 0.15) is 0 Å². The summed E-state index contributed by atoms with van der Waals surface area (Å²) in [6, 6.07) is -0.0671. The third-order valence-electron chi connectivity index (χ3n) is 8.64.